The van der Waals surface area contributed by atoms with E-state index in [1.165, 1.54) is 0 Å². The molecule has 3 rings (SSSR count). The minimum absolute atomic E-state index is 0.00153. The molecule has 0 atom stereocenters. The highest BCUT2D eigenvalue weighted by molar-refractivity contribution is 5.73. The fourth-order valence-electron chi connectivity index (χ4n) is 2.29. The van der Waals surface area contributed by atoms with Crippen molar-refractivity contribution in [3.63, 3.8) is 0 Å². The van der Waals surface area contributed by atoms with E-state index in [1.807, 2.05) is 36.4 Å². The first-order valence-corrected chi connectivity index (χ1v) is 6.49. The molecule has 1 heterocycles. The third-order valence-corrected chi connectivity index (χ3v) is 3.30. The van der Waals surface area contributed by atoms with Crippen LogP contribution in [0.25, 0.3) is 11.1 Å². The Morgan fingerprint density at radius 2 is 1.85 bits per heavy atom. The Morgan fingerprint density at radius 1 is 1.05 bits per heavy atom. The van der Waals surface area contributed by atoms with Crippen LogP contribution in [0.4, 0.5) is 0 Å². The van der Waals surface area contributed by atoms with Crippen LogP contribution >= 0.6 is 0 Å². The molecule has 104 valence electrons. The topological polar surface area (TPSA) is 47.9 Å². The molecule has 0 fully saturated rings. The fourth-order valence-corrected chi connectivity index (χ4v) is 2.29. The van der Waals surface area contributed by atoms with E-state index < -0.39 is 0 Å². The summed E-state index contributed by atoms with van der Waals surface area (Å²) in [6.45, 7) is 1.14. The van der Waals surface area contributed by atoms with E-state index in [4.69, 9.17) is 14.2 Å². The lowest BCUT2D eigenvalue weighted by molar-refractivity contribution is 0.171. The van der Waals surface area contributed by atoms with E-state index in [0.717, 1.165) is 33.9 Å². The summed E-state index contributed by atoms with van der Waals surface area (Å²) in [5.41, 5.74) is 2.74. The van der Waals surface area contributed by atoms with Gasteiger partial charge in [0.2, 0.25) is 0 Å². The molecule has 0 bridgehead atoms. The minimum Gasteiger partial charge on any atom is -0.496 e. The Bertz CT molecular complexity index is 622. The van der Waals surface area contributed by atoms with Gasteiger partial charge in [0.25, 0.3) is 0 Å². The van der Waals surface area contributed by atoms with Crippen LogP contribution < -0.4 is 14.2 Å². The third kappa shape index (κ3) is 2.30. The van der Waals surface area contributed by atoms with E-state index in [0.29, 0.717) is 13.2 Å². The predicted octanol–water partition coefficient (Wildman–Crippen LogP) is 2.63. The van der Waals surface area contributed by atoms with Crippen LogP contribution in [0, 0.1) is 0 Å². The summed E-state index contributed by atoms with van der Waals surface area (Å²) < 4.78 is 16.5. The van der Waals surface area contributed by atoms with Gasteiger partial charge >= 0.3 is 0 Å². The first-order chi connectivity index (χ1) is 9.81. The zero-order valence-electron chi connectivity index (χ0n) is 11.3. The minimum atomic E-state index is 0.00153. The van der Waals surface area contributed by atoms with Crippen LogP contribution in [0.1, 0.15) is 5.56 Å². The molecule has 2 aromatic rings. The molecule has 0 radical (unpaired) electrons. The Hall–Kier alpha value is -2.20. The van der Waals surface area contributed by atoms with Gasteiger partial charge in [0.05, 0.1) is 13.7 Å². The lowest BCUT2D eigenvalue weighted by atomic mass is 10.0. The molecule has 0 saturated carbocycles. The van der Waals surface area contributed by atoms with Crippen molar-refractivity contribution in [1.82, 2.24) is 0 Å². The normalized spacial score (nSPS) is 13.1. The zero-order chi connectivity index (χ0) is 13.9. The molecule has 4 nitrogen and oxygen atoms in total. The van der Waals surface area contributed by atoms with Crippen molar-refractivity contribution < 1.29 is 19.3 Å². The molecule has 1 aliphatic rings. The van der Waals surface area contributed by atoms with E-state index >= 15 is 0 Å². The van der Waals surface area contributed by atoms with Crippen molar-refractivity contribution in [1.29, 1.82) is 0 Å². The summed E-state index contributed by atoms with van der Waals surface area (Å²) in [6.07, 6.45) is 0. The molecule has 0 amide bonds. The monoisotopic (exact) mass is 272 g/mol. The second kappa shape index (κ2) is 5.43. The molecule has 2 aromatic carbocycles. The Morgan fingerprint density at radius 3 is 2.60 bits per heavy atom. The summed E-state index contributed by atoms with van der Waals surface area (Å²) in [7, 11) is 1.63. The predicted molar refractivity (Wildman–Crippen MR) is 75.3 cm³/mol. The van der Waals surface area contributed by atoms with Gasteiger partial charge in [-0.1, -0.05) is 12.1 Å². The van der Waals surface area contributed by atoms with Gasteiger partial charge in [-0.25, -0.2) is 0 Å². The van der Waals surface area contributed by atoms with E-state index in [9.17, 15) is 5.11 Å². The van der Waals surface area contributed by atoms with Gasteiger partial charge in [0.1, 0.15) is 19.0 Å². The number of ether oxygens (including phenoxy) is 3. The van der Waals surface area contributed by atoms with Crippen molar-refractivity contribution in [3.8, 4) is 28.4 Å². The average Bonchev–Trinajstić information content (AvgIpc) is 2.53. The van der Waals surface area contributed by atoms with E-state index in [-0.39, 0.29) is 6.61 Å². The lowest BCUT2D eigenvalue weighted by Crippen LogP contribution is -2.15. The van der Waals surface area contributed by atoms with Gasteiger partial charge in [0.15, 0.2) is 11.5 Å². The van der Waals surface area contributed by atoms with Crippen molar-refractivity contribution >= 4 is 0 Å². The van der Waals surface area contributed by atoms with Crippen LogP contribution in [-0.2, 0) is 6.61 Å². The molecule has 4 heteroatoms. The molecule has 1 aliphatic heterocycles. The standard InChI is InChI=1S/C16H16O4/c1-18-14-4-2-11(10-17)8-13(14)12-3-5-15-16(9-12)20-7-6-19-15/h2-5,8-9,17H,6-7,10H2,1H3. The van der Waals surface area contributed by atoms with Crippen LogP contribution in [-0.4, -0.2) is 25.4 Å². The van der Waals surface area contributed by atoms with Gasteiger partial charge in [-0.15, -0.1) is 0 Å². The Balaban J connectivity index is 2.07. The number of benzene rings is 2. The number of aliphatic hydroxyl groups excluding tert-OH is 1. The van der Waals surface area contributed by atoms with Gasteiger partial charge in [-0.2, -0.15) is 0 Å². The summed E-state index contributed by atoms with van der Waals surface area (Å²) in [5, 5.41) is 9.28. The maximum Gasteiger partial charge on any atom is 0.161 e. The second-order valence-corrected chi connectivity index (χ2v) is 4.55. The maximum absolute atomic E-state index is 9.28. The highest BCUT2D eigenvalue weighted by atomic mass is 16.6. The number of hydrogen-bond acceptors (Lipinski definition) is 4. The smallest absolute Gasteiger partial charge is 0.161 e. The molecule has 0 aromatic heterocycles. The molecule has 0 saturated heterocycles. The first kappa shape index (κ1) is 12.8. The van der Waals surface area contributed by atoms with Gasteiger partial charge in [-0.05, 0) is 35.4 Å². The average molecular weight is 272 g/mol. The molecule has 20 heavy (non-hydrogen) atoms. The van der Waals surface area contributed by atoms with Crippen LogP contribution in [0.2, 0.25) is 0 Å². The Kier molecular flexibility index (Phi) is 3.48. The Labute approximate surface area is 117 Å². The summed E-state index contributed by atoms with van der Waals surface area (Å²) in [6, 6.07) is 11.4. The molecule has 0 unspecified atom stereocenters. The van der Waals surface area contributed by atoms with Crippen molar-refractivity contribution in [2.24, 2.45) is 0 Å². The quantitative estimate of drug-likeness (QED) is 0.933. The summed E-state index contributed by atoms with van der Waals surface area (Å²) >= 11 is 0. The van der Waals surface area contributed by atoms with Crippen molar-refractivity contribution in [3.05, 3.63) is 42.0 Å². The number of rotatable bonds is 3. The third-order valence-electron chi connectivity index (χ3n) is 3.30. The SMILES string of the molecule is COc1ccc(CO)cc1-c1ccc2c(c1)OCCO2. The molecule has 1 N–H and O–H groups in total. The highest BCUT2D eigenvalue weighted by Gasteiger charge is 2.14. The van der Waals surface area contributed by atoms with Crippen LogP contribution in [0.5, 0.6) is 17.2 Å². The van der Waals surface area contributed by atoms with Gasteiger partial charge in [-0.3, -0.25) is 0 Å². The number of aliphatic hydroxyl groups is 1. The number of methoxy groups -OCH3 is 1. The van der Waals surface area contributed by atoms with Crippen LogP contribution in [0.3, 0.4) is 0 Å². The van der Waals surface area contributed by atoms with Crippen LogP contribution in [0.15, 0.2) is 36.4 Å². The van der Waals surface area contributed by atoms with Gasteiger partial charge < -0.3 is 19.3 Å². The van der Waals surface area contributed by atoms with Crippen molar-refractivity contribution in [2.75, 3.05) is 20.3 Å². The molecule has 0 spiro atoms. The van der Waals surface area contributed by atoms with E-state index in [1.54, 1.807) is 7.11 Å². The first-order valence-electron chi connectivity index (χ1n) is 6.49. The van der Waals surface area contributed by atoms with Crippen molar-refractivity contribution in [2.45, 2.75) is 6.61 Å². The maximum atomic E-state index is 9.28. The lowest BCUT2D eigenvalue weighted by Gasteiger charge is -2.19. The fraction of sp³-hybridized carbons (Fsp3) is 0.250. The summed E-state index contributed by atoms with van der Waals surface area (Å²) in [4.78, 5) is 0. The second-order valence-electron chi connectivity index (χ2n) is 4.55. The number of fused-ring (bicyclic) bond motifs is 1. The number of hydrogen-bond donors (Lipinski definition) is 1. The highest BCUT2D eigenvalue weighted by Crippen LogP contribution is 2.38. The van der Waals surface area contributed by atoms with E-state index in [2.05, 4.69) is 0 Å². The molecular weight excluding hydrogens is 256 g/mol. The largest absolute Gasteiger partial charge is 0.496 e. The molecule has 0 aliphatic carbocycles. The van der Waals surface area contributed by atoms with Gasteiger partial charge in [0, 0.05) is 5.56 Å². The molecular formula is C16H16O4. The summed E-state index contributed by atoms with van der Waals surface area (Å²) in [5.74, 6) is 2.27. The zero-order valence-corrected chi connectivity index (χ0v) is 11.3.